The van der Waals surface area contributed by atoms with Crippen molar-refractivity contribution in [3.63, 3.8) is 0 Å². The van der Waals surface area contributed by atoms with Crippen molar-refractivity contribution in [2.75, 3.05) is 25.0 Å². The fourth-order valence-corrected chi connectivity index (χ4v) is 2.59. The highest BCUT2D eigenvalue weighted by atomic mass is 35.5. The number of anilines is 1. The van der Waals surface area contributed by atoms with Crippen LogP contribution >= 0.6 is 11.6 Å². The van der Waals surface area contributed by atoms with E-state index in [-0.39, 0.29) is 11.5 Å². The molecule has 1 aromatic carbocycles. The quantitative estimate of drug-likeness (QED) is 0.450. The first kappa shape index (κ1) is 17.8. The van der Waals surface area contributed by atoms with Crippen molar-refractivity contribution in [1.82, 2.24) is 10.2 Å². The third-order valence-electron chi connectivity index (χ3n) is 3.61. The van der Waals surface area contributed by atoms with Crippen LogP contribution in [0.2, 0.25) is 5.02 Å². The molecule has 126 valence electrons. The third kappa shape index (κ3) is 5.28. The largest absolute Gasteiger partial charge is 0.390 e. The lowest BCUT2D eigenvalue weighted by molar-refractivity contribution is -0.127. The summed E-state index contributed by atoms with van der Waals surface area (Å²) in [6.45, 7) is 2.09. The highest BCUT2D eigenvalue weighted by Gasteiger charge is 2.18. The van der Waals surface area contributed by atoms with Gasteiger partial charge in [0.2, 0.25) is 5.91 Å². The van der Waals surface area contributed by atoms with Crippen LogP contribution in [0.4, 0.5) is 5.69 Å². The summed E-state index contributed by atoms with van der Waals surface area (Å²) in [4.78, 5) is 25.3. The monoisotopic (exact) mass is 346 g/mol. The second-order valence-electron chi connectivity index (χ2n) is 5.43. The molecule has 0 unspecified atom stereocenters. The van der Waals surface area contributed by atoms with Gasteiger partial charge in [-0.1, -0.05) is 17.7 Å². The van der Waals surface area contributed by atoms with Gasteiger partial charge in [0, 0.05) is 43.0 Å². The fourth-order valence-electron chi connectivity index (χ4n) is 2.40. The number of hydrogen-bond acceptors (Lipinski definition) is 4. The normalized spacial score (nSPS) is 14.4. The van der Waals surface area contributed by atoms with Crippen molar-refractivity contribution in [2.24, 2.45) is 0 Å². The molecule has 2 N–H and O–H groups in total. The molecule has 1 heterocycles. The molecule has 7 heteroatoms. The minimum Gasteiger partial charge on any atom is -0.390 e. The molecule has 1 fully saturated rings. The maximum atomic E-state index is 12.0. The zero-order chi connectivity index (χ0) is 17.4. The maximum absolute atomic E-state index is 12.0. The average molecular weight is 347 g/mol. The van der Waals surface area contributed by atoms with Gasteiger partial charge in [-0.15, -0.1) is 0 Å². The predicted octanol–water partition coefficient (Wildman–Crippen LogP) is 2.29. The SMILES string of the molecule is N#C/C(=C/NCCCN1CCCC1=O)C(=O)Nc1cccc(Cl)c1. The molecule has 24 heavy (non-hydrogen) atoms. The van der Waals surface area contributed by atoms with E-state index in [1.54, 1.807) is 24.3 Å². The van der Waals surface area contributed by atoms with Gasteiger partial charge in [-0.25, -0.2) is 0 Å². The van der Waals surface area contributed by atoms with E-state index in [2.05, 4.69) is 10.6 Å². The minimum absolute atomic E-state index is 0.0211. The molecule has 6 nitrogen and oxygen atoms in total. The summed E-state index contributed by atoms with van der Waals surface area (Å²) in [5, 5.41) is 15.2. The summed E-state index contributed by atoms with van der Waals surface area (Å²) in [7, 11) is 0. The van der Waals surface area contributed by atoms with E-state index in [1.807, 2.05) is 11.0 Å². The molecular weight excluding hydrogens is 328 g/mol. The van der Waals surface area contributed by atoms with Gasteiger partial charge in [0.05, 0.1) is 0 Å². The number of rotatable bonds is 7. The van der Waals surface area contributed by atoms with E-state index >= 15 is 0 Å². The molecular formula is C17H19ClN4O2. The first-order valence-corrected chi connectivity index (χ1v) is 8.16. The van der Waals surface area contributed by atoms with Gasteiger partial charge in [0.25, 0.3) is 5.91 Å². The number of benzene rings is 1. The molecule has 0 saturated carbocycles. The van der Waals surface area contributed by atoms with Crippen LogP contribution in [0.5, 0.6) is 0 Å². The van der Waals surface area contributed by atoms with Gasteiger partial charge >= 0.3 is 0 Å². The summed E-state index contributed by atoms with van der Waals surface area (Å²) >= 11 is 5.85. The van der Waals surface area contributed by atoms with Crippen molar-refractivity contribution in [1.29, 1.82) is 5.26 Å². The Morgan fingerprint density at radius 1 is 1.46 bits per heavy atom. The number of likely N-dealkylation sites (tertiary alicyclic amines) is 1. The lowest BCUT2D eigenvalue weighted by Gasteiger charge is -2.14. The zero-order valence-corrected chi connectivity index (χ0v) is 14.0. The Morgan fingerprint density at radius 2 is 2.29 bits per heavy atom. The Bertz CT molecular complexity index is 681. The van der Waals surface area contributed by atoms with E-state index in [9.17, 15) is 9.59 Å². The number of nitrogens with zero attached hydrogens (tertiary/aromatic N) is 2. The van der Waals surface area contributed by atoms with Gasteiger partial charge in [0.1, 0.15) is 11.6 Å². The summed E-state index contributed by atoms with van der Waals surface area (Å²) in [6.07, 6.45) is 3.71. The summed E-state index contributed by atoms with van der Waals surface area (Å²) < 4.78 is 0. The molecule has 1 saturated heterocycles. The number of nitrogens with one attached hydrogen (secondary N) is 2. The van der Waals surface area contributed by atoms with E-state index in [0.717, 1.165) is 19.4 Å². The molecule has 0 aliphatic carbocycles. The van der Waals surface area contributed by atoms with E-state index < -0.39 is 5.91 Å². The van der Waals surface area contributed by atoms with Crippen LogP contribution in [0, 0.1) is 11.3 Å². The standard InChI is InChI=1S/C17H19ClN4O2/c18-14-4-1-5-15(10-14)21-17(24)13(11-19)12-20-7-3-9-22-8-2-6-16(22)23/h1,4-5,10,12,20H,2-3,6-9H2,(H,21,24)/b13-12-. The van der Waals surface area contributed by atoms with Crippen LogP contribution < -0.4 is 10.6 Å². The van der Waals surface area contributed by atoms with Crippen LogP contribution in [-0.2, 0) is 9.59 Å². The topological polar surface area (TPSA) is 85.2 Å². The van der Waals surface area contributed by atoms with Gasteiger partial charge in [-0.2, -0.15) is 5.26 Å². The second kappa shape index (κ2) is 8.94. The second-order valence-corrected chi connectivity index (χ2v) is 5.86. The summed E-state index contributed by atoms with van der Waals surface area (Å²) in [5.41, 5.74) is 0.508. The number of carbonyl (C=O) groups excluding carboxylic acids is 2. The minimum atomic E-state index is -0.498. The van der Waals surface area contributed by atoms with Crippen molar-refractivity contribution in [3.05, 3.63) is 41.1 Å². The number of halogens is 1. The number of hydrogen-bond donors (Lipinski definition) is 2. The van der Waals surface area contributed by atoms with Crippen molar-refractivity contribution >= 4 is 29.1 Å². The van der Waals surface area contributed by atoms with Crippen LogP contribution in [0.15, 0.2) is 36.0 Å². The predicted molar refractivity (Wildman–Crippen MR) is 92.2 cm³/mol. The Kier molecular flexibility index (Phi) is 6.64. The first-order valence-electron chi connectivity index (χ1n) is 7.78. The van der Waals surface area contributed by atoms with Crippen LogP contribution in [0.3, 0.4) is 0 Å². The number of nitriles is 1. The van der Waals surface area contributed by atoms with Crippen molar-refractivity contribution in [2.45, 2.75) is 19.3 Å². The molecule has 1 aromatic rings. The van der Waals surface area contributed by atoms with Crippen LogP contribution in [0.1, 0.15) is 19.3 Å². The molecule has 0 aromatic heterocycles. The highest BCUT2D eigenvalue weighted by Crippen LogP contribution is 2.15. The molecule has 2 rings (SSSR count). The lowest BCUT2D eigenvalue weighted by Crippen LogP contribution is -2.27. The third-order valence-corrected chi connectivity index (χ3v) is 3.85. The Morgan fingerprint density at radius 3 is 2.96 bits per heavy atom. The van der Waals surface area contributed by atoms with Gasteiger partial charge < -0.3 is 15.5 Å². The van der Waals surface area contributed by atoms with E-state index in [4.69, 9.17) is 16.9 Å². The molecule has 0 spiro atoms. The molecule has 1 aliphatic rings. The molecule has 0 radical (unpaired) electrons. The number of amides is 2. The average Bonchev–Trinajstić information content (AvgIpc) is 2.96. The van der Waals surface area contributed by atoms with Gasteiger partial charge in [0.15, 0.2) is 0 Å². The highest BCUT2D eigenvalue weighted by molar-refractivity contribution is 6.31. The molecule has 1 aliphatic heterocycles. The summed E-state index contributed by atoms with van der Waals surface area (Å²) in [6, 6.07) is 8.58. The van der Waals surface area contributed by atoms with E-state index in [0.29, 0.717) is 30.2 Å². The Balaban J connectivity index is 1.77. The summed E-state index contributed by atoms with van der Waals surface area (Å²) in [5.74, 6) is -0.300. The zero-order valence-electron chi connectivity index (χ0n) is 13.2. The molecule has 2 amide bonds. The lowest BCUT2D eigenvalue weighted by atomic mass is 10.2. The fraction of sp³-hybridized carbons (Fsp3) is 0.353. The van der Waals surface area contributed by atoms with Gasteiger partial charge in [-0.3, -0.25) is 9.59 Å². The maximum Gasteiger partial charge on any atom is 0.267 e. The molecule has 0 atom stereocenters. The first-order chi connectivity index (χ1) is 11.6. The smallest absolute Gasteiger partial charge is 0.267 e. The van der Waals surface area contributed by atoms with Crippen LogP contribution in [0.25, 0.3) is 0 Å². The van der Waals surface area contributed by atoms with Crippen molar-refractivity contribution < 1.29 is 9.59 Å². The Labute approximate surface area is 146 Å². The van der Waals surface area contributed by atoms with Gasteiger partial charge in [-0.05, 0) is 31.0 Å². The van der Waals surface area contributed by atoms with Crippen LogP contribution in [-0.4, -0.2) is 36.3 Å². The molecule has 0 bridgehead atoms. The van der Waals surface area contributed by atoms with Crippen molar-refractivity contribution in [3.8, 4) is 6.07 Å². The van der Waals surface area contributed by atoms with E-state index in [1.165, 1.54) is 6.20 Å². The Hall–Kier alpha value is -2.52. The number of carbonyl (C=O) groups is 2.